The molecule has 0 fully saturated rings. The summed E-state index contributed by atoms with van der Waals surface area (Å²) in [5, 5.41) is 17.7. The average Bonchev–Trinajstić information content (AvgIpc) is 2.29. The standard InChI is InChI=1S/C13H15NO2/c1-3-10-4-6-11(7-5-10)9(2)12(8-14)13(15)16/h4-7,9,12H,3H2,1-2H3,(H,15,16). The highest BCUT2D eigenvalue weighted by molar-refractivity contribution is 5.74. The zero-order valence-corrected chi connectivity index (χ0v) is 9.47. The molecule has 0 aliphatic rings. The minimum Gasteiger partial charge on any atom is -0.480 e. The number of nitrogens with zero attached hydrogens (tertiary/aromatic N) is 1. The van der Waals surface area contributed by atoms with Crippen LogP contribution in [0.1, 0.15) is 30.9 Å². The molecule has 0 heterocycles. The average molecular weight is 217 g/mol. The highest BCUT2D eigenvalue weighted by Crippen LogP contribution is 2.24. The fourth-order valence-electron chi connectivity index (χ4n) is 1.63. The van der Waals surface area contributed by atoms with Gasteiger partial charge in [0.05, 0.1) is 6.07 Å². The molecule has 1 N–H and O–H groups in total. The maximum atomic E-state index is 10.8. The van der Waals surface area contributed by atoms with Crippen molar-refractivity contribution in [2.75, 3.05) is 0 Å². The summed E-state index contributed by atoms with van der Waals surface area (Å²) < 4.78 is 0. The molecule has 0 saturated heterocycles. The van der Waals surface area contributed by atoms with Gasteiger partial charge in [-0.25, -0.2) is 0 Å². The molecule has 0 aliphatic heterocycles. The third kappa shape index (κ3) is 2.60. The second-order valence-electron chi connectivity index (χ2n) is 3.83. The highest BCUT2D eigenvalue weighted by atomic mass is 16.4. The third-order valence-electron chi connectivity index (χ3n) is 2.82. The number of rotatable bonds is 4. The van der Waals surface area contributed by atoms with Gasteiger partial charge < -0.3 is 5.11 Å². The fourth-order valence-corrected chi connectivity index (χ4v) is 1.63. The van der Waals surface area contributed by atoms with Gasteiger partial charge in [-0.2, -0.15) is 5.26 Å². The molecule has 0 bridgehead atoms. The molecule has 0 aliphatic carbocycles. The van der Waals surface area contributed by atoms with Crippen LogP contribution < -0.4 is 0 Å². The minimum atomic E-state index is -1.06. The Morgan fingerprint density at radius 1 is 1.44 bits per heavy atom. The molecular weight excluding hydrogens is 202 g/mol. The predicted molar refractivity (Wildman–Crippen MR) is 61.0 cm³/mol. The number of benzene rings is 1. The first-order valence-corrected chi connectivity index (χ1v) is 5.31. The highest BCUT2D eigenvalue weighted by Gasteiger charge is 2.25. The van der Waals surface area contributed by atoms with Crippen LogP contribution in [0.2, 0.25) is 0 Å². The summed E-state index contributed by atoms with van der Waals surface area (Å²) in [5.41, 5.74) is 2.10. The SMILES string of the molecule is CCc1ccc(C(C)C(C#N)C(=O)O)cc1. The molecule has 1 aromatic carbocycles. The Kier molecular flexibility index (Phi) is 4.07. The van der Waals surface area contributed by atoms with E-state index >= 15 is 0 Å². The smallest absolute Gasteiger partial charge is 0.321 e. The summed E-state index contributed by atoms with van der Waals surface area (Å²) >= 11 is 0. The van der Waals surface area contributed by atoms with Crippen LogP contribution in [-0.4, -0.2) is 11.1 Å². The molecule has 84 valence electrons. The van der Waals surface area contributed by atoms with Gasteiger partial charge in [-0.05, 0) is 17.5 Å². The number of aryl methyl sites for hydroxylation is 1. The summed E-state index contributed by atoms with van der Waals surface area (Å²) in [6.45, 7) is 3.83. The Balaban J connectivity index is 2.91. The van der Waals surface area contributed by atoms with Crippen LogP contribution in [0, 0.1) is 17.2 Å². The number of aliphatic carboxylic acids is 1. The van der Waals surface area contributed by atoms with Crippen molar-refractivity contribution in [3.05, 3.63) is 35.4 Å². The number of hydrogen-bond donors (Lipinski definition) is 1. The first-order valence-electron chi connectivity index (χ1n) is 5.31. The minimum absolute atomic E-state index is 0.284. The summed E-state index contributed by atoms with van der Waals surface area (Å²) in [7, 11) is 0. The first-order chi connectivity index (χ1) is 7.60. The van der Waals surface area contributed by atoms with Crippen molar-refractivity contribution < 1.29 is 9.90 Å². The molecule has 2 unspecified atom stereocenters. The Morgan fingerprint density at radius 2 is 2.00 bits per heavy atom. The Labute approximate surface area is 95.3 Å². The monoisotopic (exact) mass is 217 g/mol. The van der Waals surface area contributed by atoms with Crippen LogP contribution in [-0.2, 0) is 11.2 Å². The van der Waals surface area contributed by atoms with Gasteiger partial charge in [-0.15, -0.1) is 0 Å². The van der Waals surface area contributed by atoms with Crippen LogP contribution in [0.25, 0.3) is 0 Å². The van der Waals surface area contributed by atoms with E-state index in [9.17, 15) is 4.79 Å². The van der Waals surface area contributed by atoms with Crippen LogP contribution in [0.15, 0.2) is 24.3 Å². The number of carboxylic acid groups (broad SMARTS) is 1. The zero-order chi connectivity index (χ0) is 12.1. The molecule has 3 heteroatoms. The molecule has 0 radical (unpaired) electrons. The van der Waals surface area contributed by atoms with Crippen LogP contribution in [0.3, 0.4) is 0 Å². The Bertz CT molecular complexity index is 403. The molecule has 0 saturated carbocycles. The van der Waals surface area contributed by atoms with E-state index in [2.05, 4.69) is 6.92 Å². The summed E-state index contributed by atoms with van der Waals surface area (Å²) in [6.07, 6.45) is 0.954. The molecule has 1 aromatic rings. The zero-order valence-electron chi connectivity index (χ0n) is 9.47. The van der Waals surface area contributed by atoms with Crippen molar-refractivity contribution in [3.63, 3.8) is 0 Å². The molecule has 2 atom stereocenters. The second-order valence-corrected chi connectivity index (χ2v) is 3.83. The van der Waals surface area contributed by atoms with Crippen molar-refractivity contribution in [2.24, 2.45) is 5.92 Å². The van der Waals surface area contributed by atoms with E-state index in [0.717, 1.165) is 12.0 Å². The molecular formula is C13H15NO2. The topological polar surface area (TPSA) is 61.1 Å². The lowest BCUT2D eigenvalue weighted by Crippen LogP contribution is -2.18. The fraction of sp³-hybridized carbons (Fsp3) is 0.385. The molecule has 0 aromatic heterocycles. The van der Waals surface area contributed by atoms with Crippen molar-refractivity contribution in [1.82, 2.24) is 0 Å². The largest absolute Gasteiger partial charge is 0.480 e. The van der Waals surface area contributed by atoms with Gasteiger partial charge in [0.15, 0.2) is 0 Å². The summed E-state index contributed by atoms with van der Waals surface area (Å²) in [5.74, 6) is -2.32. The lowest BCUT2D eigenvalue weighted by atomic mass is 9.88. The number of nitriles is 1. The number of carbonyl (C=O) groups is 1. The molecule has 1 rings (SSSR count). The first kappa shape index (κ1) is 12.3. The quantitative estimate of drug-likeness (QED) is 0.843. The van der Waals surface area contributed by atoms with Gasteiger partial charge in [0, 0.05) is 5.92 Å². The van der Waals surface area contributed by atoms with E-state index < -0.39 is 11.9 Å². The van der Waals surface area contributed by atoms with Gasteiger partial charge in [-0.1, -0.05) is 38.1 Å². The third-order valence-corrected chi connectivity index (χ3v) is 2.82. The molecule has 3 nitrogen and oxygen atoms in total. The van der Waals surface area contributed by atoms with Crippen LogP contribution in [0.4, 0.5) is 0 Å². The van der Waals surface area contributed by atoms with Gasteiger partial charge in [0.1, 0.15) is 5.92 Å². The molecule has 0 amide bonds. The lowest BCUT2D eigenvalue weighted by Gasteiger charge is -2.14. The van der Waals surface area contributed by atoms with Gasteiger partial charge >= 0.3 is 5.97 Å². The summed E-state index contributed by atoms with van der Waals surface area (Å²) in [4.78, 5) is 10.8. The summed E-state index contributed by atoms with van der Waals surface area (Å²) in [6, 6.07) is 9.58. The number of carboxylic acids is 1. The van der Waals surface area contributed by atoms with E-state index in [-0.39, 0.29) is 5.92 Å². The van der Waals surface area contributed by atoms with E-state index in [0.29, 0.717) is 0 Å². The normalized spacial score (nSPS) is 13.8. The van der Waals surface area contributed by atoms with Gasteiger partial charge in [-0.3, -0.25) is 4.79 Å². The predicted octanol–water partition coefficient (Wildman–Crippen LogP) is 2.58. The van der Waals surface area contributed by atoms with Crippen molar-refractivity contribution >= 4 is 5.97 Å². The molecule has 0 spiro atoms. The number of hydrogen-bond acceptors (Lipinski definition) is 2. The maximum absolute atomic E-state index is 10.8. The van der Waals surface area contributed by atoms with E-state index in [1.165, 1.54) is 5.56 Å². The van der Waals surface area contributed by atoms with Crippen LogP contribution >= 0.6 is 0 Å². The van der Waals surface area contributed by atoms with Crippen molar-refractivity contribution in [3.8, 4) is 6.07 Å². The maximum Gasteiger partial charge on any atom is 0.321 e. The van der Waals surface area contributed by atoms with E-state index in [4.69, 9.17) is 10.4 Å². The Hall–Kier alpha value is -1.82. The van der Waals surface area contributed by atoms with E-state index in [1.54, 1.807) is 6.92 Å². The van der Waals surface area contributed by atoms with E-state index in [1.807, 2.05) is 30.3 Å². The van der Waals surface area contributed by atoms with Gasteiger partial charge in [0.2, 0.25) is 0 Å². The van der Waals surface area contributed by atoms with Gasteiger partial charge in [0.25, 0.3) is 0 Å². The lowest BCUT2D eigenvalue weighted by molar-refractivity contribution is -0.140. The van der Waals surface area contributed by atoms with Crippen LogP contribution in [0.5, 0.6) is 0 Å². The van der Waals surface area contributed by atoms with Crippen molar-refractivity contribution in [2.45, 2.75) is 26.2 Å². The second kappa shape index (κ2) is 5.32. The molecule has 16 heavy (non-hydrogen) atoms. The van der Waals surface area contributed by atoms with Crippen molar-refractivity contribution in [1.29, 1.82) is 5.26 Å². The Morgan fingerprint density at radius 3 is 2.38 bits per heavy atom.